The molecule has 1 aromatic heterocycles. The molecule has 0 saturated carbocycles. The van der Waals surface area contributed by atoms with Gasteiger partial charge >= 0.3 is 0 Å². The van der Waals surface area contributed by atoms with Crippen LogP contribution in [0.1, 0.15) is 6.42 Å². The van der Waals surface area contributed by atoms with Crippen molar-refractivity contribution in [3.05, 3.63) is 11.2 Å². The highest BCUT2D eigenvalue weighted by Crippen LogP contribution is 2.19. The Morgan fingerprint density at radius 2 is 2.53 bits per heavy atom. The molecule has 1 fully saturated rings. The van der Waals surface area contributed by atoms with Crippen LogP contribution in [0.4, 0.5) is 11.8 Å². The van der Waals surface area contributed by atoms with Crippen LogP contribution in [0.5, 0.6) is 0 Å². The van der Waals surface area contributed by atoms with Gasteiger partial charge in [-0.05, 0) is 25.4 Å². The van der Waals surface area contributed by atoms with Gasteiger partial charge in [-0.2, -0.15) is 4.98 Å². The molecule has 1 unspecified atom stereocenters. The summed E-state index contributed by atoms with van der Waals surface area (Å²) in [6.45, 7) is 3.00. The number of nitrogens with zero attached hydrogens (tertiary/aromatic N) is 2. The lowest BCUT2D eigenvalue weighted by Crippen LogP contribution is -2.18. The molecule has 1 atom stereocenters. The van der Waals surface area contributed by atoms with E-state index in [1.54, 1.807) is 0 Å². The Labute approximate surface area is 93.4 Å². The van der Waals surface area contributed by atoms with E-state index in [1.165, 1.54) is 12.6 Å². The Kier molecular flexibility index (Phi) is 3.23. The Bertz CT molecular complexity index is 337. The zero-order valence-electron chi connectivity index (χ0n) is 8.33. The standard InChI is InChI=1S/C9H14ClN5/c10-7-5-14-9(11)15-8(7)13-4-6-1-2-12-3-6/h5-6,12H,1-4H2,(H3,11,13,14,15). The molecule has 0 amide bonds. The summed E-state index contributed by atoms with van der Waals surface area (Å²) in [6.07, 6.45) is 2.70. The van der Waals surface area contributed by atoms with Crippen molar-refractivity contribution < 1.29 is 0 Å². The average Bonchev–Trinajstić information content (AvgIpc) is 2.72. The highest BCUT2D eigenvalue weighted by atomic mass is 35.5. The molecular weight excluding hydrogens is 214 g/mol. The molecule has 1 aromatic rings. The molecule has 15 heavy (non-hydrogen) atoms. The summed E-state index contributed by atoms with van der Waals surface area (Å²) in [7, 11) is 0. The van der Waals surface area contributed by atoms with E-state index >= 15 is 0 Å². The summed E-state index contributed by atoms with van der Waals surface area (Å²) < 4.78 is 0. The van der Waals surface area contributed by atoms with Crippen molar-refractivity contribution >= 4 is 23.4 Å². The van der Waals surface area contributed by atoms with Crippen molar-refractivity contribution in [1.29, 1.82) is 0 Å². The molecule has 0 spiro atoms. The number of nitrogen functional groups attached to an aromatic ring is 1. The van der Waals surface area contributed by atoms with E-state index in [0.717, 1.165) is 19.6 Å². The van der Waals surface area contributed by atoms with Crippen LogP contribution in [-0.4, -0.2) is 29.6 Å². The Morgan fingerprint density at radius 1 is 1.67 bits per heavy atom. The van der Waals surface area contributed by atoms with E-state index in [4.69, 9.17) is 17.3 Å². The molecule has 0 bridgehead atoms. The van der Waals surface area contributed by atoms with Crippen LogP contribution < -0.4 is 16.4 Å². The molecule has 1 aliphatic rings. The minimum Gasteiger partial charge on any atom is -0.368 e. The van der Waals surface area contributed by atoms with Crippen LogP contribution in [0.2, 0.25) is 5.02 Å². The molecule has 0 aromatic carbocycles. The molecule has 2 rings (SSSR count). The molecule has 2 heterocycles. The normalized spacial score (nSPS) is 20.5. The molecular formula is C9H14ClN5. The Balaban J connectivity index is 1.94. The van der Waals surface area contributed by atoms with E-state index in [9.17, 15) is 0 Å². The topological polar surface area (TPSA) is 75.9 Å². The SMILES string of the molecule is Nc1ncc(Cl)c(NCC2CCNC2)n1. The summed E-state index contributed by atoms with van der Waals surface area (Å²) in [5, 5.41) is 7.01. The second-order valence-corrected chi connectivity index (χ2v) is 4.07. The minimum absolute atomic E-state index is 0.242. The maximum atomic E-state index is 5.92. The van der Waals surface area contributed by atoms with Crippen molar-refractivity contribution in [2.45, 2.75) is 6.42 Å². The van der Waals surface area contributed by atoms with E-state index in [2.05, 4.69) is 20.6 Å². The quantitative estimate of drug-likeness (QED) is 0.710. The molecule has 6 heteroatoms. The van der Waals surface area contributed by atoms with Gasteiger partial charge in [-0.1, -0.05) is 11.6 Å². The molecule has 0 radical (unpaired) electrons. The Hall–Kier alpha value is -1.07. The van der Waals surface area contributed by atoms with Crippen LogP contribution in [0, 0.1) is 5.92 Å². The zero-order chi connectivity index (χ0) is 10.7. The lowest BCUT2D eigenvalue weighted by molar-refractivity contribution is 0.614. The first-order valence-electron chi connectivity index (χ1n) is 4.98. The molecule has 0 aliphatic carbocycles. The third-order valence-electron chi connectivity index (χ3n) is 2.48. The first-order chi connectivity index (χ1) is 7.25. The van der Waals surface area contributed by atoms with Crippen molar-refractivity contribution in [3.63, 3.8) is 0 Å². The average molecular weight is 228 g/mol. The summed E-state index contributed by atoms with van der Waals surface area (Å²) in [6, 6.07) is 0. The van der Waals surface area contributed by atoms with Crippen LogP contribution in [0.15, 0.2) is 6.20 Å². The highest BCUT2D eigenvalue weighted by molar-refractivity contribution is 6.32. The van der Waals surface area contributed by atoms with Gasteiger partial charge in [0.15, 0.2) is 0 Å². The van der Waals surface area contributed by atoms with Crippen molar-refractivity contribution in [2.24, 2.45) is 5.92 Å². The van der Waals surface area contributed by atoms with E-state index in [-0.39, 0.29) is 5.95 Å². The smallest absolute Gasteiger partial charge is 0.222 e. The molecule has 4 N–H and O–H groups in total. The van der Waals surface area contributed by atoms with Gasteiger partial charge in [0, 0.05) is 6.54 Å². The van der Waals surface area contributed by atoms with Crippen LogP contribution >= 0.6 is 11.6 Å². The number of rotatable bonds is 3. The maximum absolute atomic E-state index is 5.92. The number of halogens is 1. The van der Waals surface area contributed by atoms with Gasteiger partial charge in [0.2, 0.25) is 5.95 Å². The van der Waals surface area contributed by atoms with Gasteiger partial charge in [-0.3, -0.25) is 0 Å². The van der Waals surface area contributed by atoms with Crippen molar-refractivity contribution in [1.82, 2.24) is 15.3 Å². The van der Waals surface area contributed by atoms with Gasteiger partial charge in [0.1, 0.15) is 10.8 Å². The monoisotopic (exact) mass is 227 g/mol. The molecule has 5 nitrogen and oxygen atoms in total. The van der Waals surface area contributed by atoms with Gasteiger partial charge in [-0.25, -0.2) is 4.98 Å². The number of nitrogens with one attached hydrogen (secondary N) is 2. The summed E-state index contributed by atoms with van der Waals surface area (Å²) in [5.41, 5.74) is 5.48. The van der Waals surface area contributed by atoms with Crippen LogP contribution in [-0.2, 0) is 0 Å². The fourth-order valence-corrected chi connectivity index (χ4v) is 1.79. The fraction of sp³-hybridized carbons (Fsp3) is 0.556. The zero-order valence-corrected chi connectivity index (χ0v) is 9.09. The van der Waals surface area contributed by atoms with Gasteiger partial charge < -0.3 is 16.4 Å². The van der Waals surface area contributed by atoms with Gasteiger partial charge in [0.25, 0.3) is 0 Å². The number of aromatic nitrogens is 2. The number of anilines is 2. The number of hydrogen-bond acceptors (Lipinski definition) is 5. The fourth-order valence-electron chi connectivity index (χ4n) is 1.63. The minimum atomic E-state index is 0.242. The predicted octanol–water partition coefficient (Wildman–Crippen LogP) is 0.734. The Morgan fingerprint density at radius 3 is 3.27 bits per heavy atom. The summed E-state index contributed by atoms with van der Waals surface area (Å²) in [4.78, 5) is 7.84. The predicted molar refractivity (Wildman–Crippen MR) is 60.9 cm³/mol. The second-order valence-electron chi connectivity index (χ2n) is 3.66. The van der Waals surface area contributed by atoms with Crippen molar-refractivity contribution in [2.75, 3.05) is 30.7 Å². The first kappa shape index (κ1) is 10.4. The highest BCUT2D eigenvalue weighted by Gasteiger charge is 2.14. The third-order valence-corrected chi connectivity index (χ3v) is 2.76. The largest absolute Gasteiger partial charge is 0.368 e. The van der Waals surface area contributed by atoms with Crippen LogP contribution in [0.3, 0.4) is 0 Å². The lowest BCUT2D eigenvalue weighted by atomic mass is 10.1. The number of hydrogen-bond donors (Lipinski definition) is 3. The molecule has 1 saturated heterocycles. The van der Waals surface area contributed by atoms with E-state index < -0.39 is 0 Å². The van der Waals surface area contributed by atoms with Crippen LogP contribution in [0.25, 0.3) is 0 Å². The van der Waals surface area contributed by atoms with Gasteiger partial charge in [-0.15, -0.1) is 0 Å². The number of nitrogens with two attached hydrogens (primary N) is 1. The third kappa shape index (κ3) is 2.70. The summed E-state index contributed by atoms with van der Waals surface area (Å²) >= 11 is 5.92. The van der Waals surface area contributed by atoms with Gasteiger partial charge in [0.05, 0.1) is 6.20 Å². The summed E-state index contributed by atoms with van der Waals surface area (Å²) in [5.74, 6) is 1.50. The van der Waals surface area contributed by atoms with E-state index in [0.29, 0.717) is 16.8 Å². The first-order valence-corrected chi connectivity index (χ1v) is 5.36. The molecule has 82 valence electrons. The second kappa shape index (κ2) is 4.63. The molecule has 1 aliphatic heterocycles. The lowest BCUT2D eigenvalue weighted by Gasteiger charge is -2.11. The van der Waals surface area contributed by atoms with Crippen molar-refractivity contribution in [3.8, 4) is 0 Å². The van der Waals surface area contributed by atoms with E-state index in [1.807, 2.05) is 0 Å². The maximum Gasteiger partial charge on any atom is 0.222 e.